The van der Waals surface area contributed by atoms with E-state index in [1.54, 1.807) is 0 Å². The van der Waals surface area contributed by atoms with Crippen molar-refractivity contribution in [2.75, 3.05) is 13.7 Å². The highest BCUT2D eigenvalue weighted by molar-refractivity contribution is 9.12. The molecule has 0 saturated carbocycles. The summed E-state index contributed by atoms with van der Waals surface area (Å²) in [5.41, 5.74) is -0.687. The predicted molar refractivity (Wildman–Crippen MR) is 103 cm³/mol. The summed E-state index contributed by atoms with van der Waals surface area (Å²) in [6.07, 6.45) is 13.9. The van der Waals surface area contributed by atoms with Crippen LogP contribution in [0.25, 0.3) is 0 Å². The summed E-state index contributed by atoms with van der Waals surface area (Å²) >= 11 is 7.45. The number of unbranched alkanes of at least 4 members (excludes halogenated alkanes) is 8. The highest BCUT2D eigenvalue weighted by Gasteiger charge is 2.54. The number of hydrogen-bond acceptors (Lipinski definition) is 3. The van der Waals surface area contributed by atoms with Crippen molar-refractivity contribution in [1.82, 2.24) is 0 Å². The second-order valence-electron chi connectivity index (χ2n) is 6.63. The number of ether oxygens (including phenoxy) is 2. The number of carbonyl (C=O) groups is 1. The number of halogens is 2. The first kappa shape index (κ1) is 21.4. The van der Waals surface area contributed by atoms with E-state index in [0.717, 1.165) is 6.42 Å². The molecule has 1 saturated heterocycles. The number of rotatable bonds is 14. The van der Waals surface area contributed by atoms with E-state index in [1.807, 2.05) is 0 Å². The first-order valence-electron chi connectivity index (χ1n) is 9.06. The van der Waals surface area contributed by atoms with Crippen LogP contribution < -0.4 is 0 Å². The quantitative estimate of drug-likeness (QED) is 0.144. The van der Waals surface area contributed by atoms with Gasteiger partial charge >= 0.3 is 5.97 Å². The van der Waals surface area contributed by atoms with Gasteiger partial charge in [0, 0.05) is 16.1 Å². The molecule has 1 fully saturated rings. The van der Waals surface area contributed by atoms with Crippen molar-refractivity contribution in [3.8, 4) is 0 Å². The smallest absolute Gasteiger partial charge is 0.340 e. The minimum Gasteiger partial charge on any atom is -0.467 e. The van der Waals surface area contributed by atoms with Gasteiger partial charge in [-0.1, -0.05) is 96.6 Å². The Hall–Kier alpha value is 0.390. The van der Waals surface area contributed by atoms with Crippen LogP contribution in [0, 0.1) is 0 Å². The van der Waals surface area contributed by atoms with Gasteiger partial charge < -0.3 is 9.47 Å². The molecule has 0 spiro atoms. The molecule has 0 aromatic carbocycles. The summed E-state index contributed by atoms with van der Waals surface area (Å²) in [6, 6.07) is 0. The summed E-state index contributed by atoms with van der Waals surface area (Å²) in [6.45, 7) is 2.75. The van der Waals surface area contributed by atoms with Crippen LogP contribution in [0.5, 0.6) is 0 Å². The van der Waals surface area contributed by atoms with Crippen molar-refractivity contribution < 1.29 is 14.3 Å². The molecule has 23 heavy (non-hydrogen) atoms. The highest BCUT2D eigenvalue weighted by atomic mass is 79.9. The van der Waals surface area contributed by atoms with Gasteiger partial charge in [-0.3, -0.25) is 0 Å². The van der Waals surface area contributed by atoms with Crippen molar-refractivity contribution in [2.45, 2.75) is 92.8 Å². The fourth-order valence-corrected chi connectivity index (χ4v) is 4.16. The molecule has 0 bridgehead atoms. The van der Waals surface area contributed by atoms with Crippen LogP contribution in [-0.2, 0) is 14.3 Å². The van der Waals surface area contributed by atoms with Crippen LogP contribution in [0.4, 0.5) is 0 Å². The molecule has 0 N–H and O–H groups in total. The van der Waals surface area contributed by atoms with Gasteiger partial charge in [0.1, 0.15) is 0 Å². The Morgan fingerprint density at radius 2 is 1.57 bits per heavy atom. The Morgan fingerprint density at radius 3 is 2.04 bits per heavy atom. The first-order valence-corrected chi connectivity index (χ1v) is 10.9. The molecule has 136 valence electrons. The van der Waals surface area contributed by atoms with Gasteiger partial charge in [0.2, 0.25) is 0 Å². The third-order valence-electron chi connectivity index (χ3n) is 4.55. The highest BCUT2D eigenvalue weighted by Crippen LogP contribution is 2.38. The van der Waals surface area contributed by atoms with Crippen molar-refractivity contribution in [3.63, 3.8) is 0 Å². The maximum atomic E-state index is 11.7. The number of carbonyl (C=O) groups excluding carboxylic acids is 1. The lowest BCUT2D eigenvalue weighted by molar-refractivity contribution is -0.147. The second-order valence-corrected chi connectivity index (χ2v) is 8.98. The number of hydrogen-bond donors (Lipinski definition) is 0. The molecule has 0 amide bonds. The number of methoxy groups -OCH3 is 1. The fourth-order valence-electron chi connectivity index (χ4n) is 2.87. The van der Waals surface area contributed by atoms with Crippen LogP contribution in [0.1, 0.15) is 77.6 Å². The second kappa shape index (κ2) is 11.9. The number of alkyl halides is 2. The van der Waals surface area contributed by atoms with E-state index < -0.39 is 5.60 Å². The number of esters is 1. The summed E-state index contributed by atoms with van der Waals surface area (Å²) in [7, 11) is 1.42. The Labute approximate surface area is 158 Å². The maximum absolute atomic E-state index is 11.7. The lowest BCUT2D eigenvalue weighted by Gasteiger charge is -2.19. The molecule has 3 atom stereocenters. The van der Waals surface area contributed by atoms with E-state index in [9.17, 15) is 4.79 Å². The van der Waals surface area contributed by atoms with Gasteiger partial charge in [-0.05, 0) is 6.42 Å². The average molecular weight is 456 g/mol. The van der Waals surface area contributed by atoms with Crippen molar-refractivity contribution in [2.24, 2.45) is 0 Å². The summed E-state index contributed by atoms with van der Waals surface area (Å²) in [4.78, 5) is 12.3. The van der Waals surface area contributed by atoms with Crippen molar-refractivity contribution in [3.05, 3.63) is 0 Å². The lowest BCUT2D eigenvalue weighted by atomic mass is 10.00. The minimum atomic E-state index is -0.687. The SMILES string of the molecule is CCCCCCCCCCCC(Br)C(Br)CC1(C(=O)OC)CO1. The normalized spacial score (nSPS) is 22.6. The predicted octanol–water partition coefficient (Wildman–Crippen LogP) is 5.77. The lowest BCUT2D eigenvalue weighted by Crippen LogP contribution is -2.32. The Balaban J connectivity index is 2.03. The minimum absolute atomic E-state index is 0.234. The van der Waals surface area contributed by atoms with Gasteiger partial charge in [-0.15, -0.1) is 0 Å². The molecule has 3 nitrogen and oxygen atoms in total. The summed E-state index contributed by atoms with van der Waals surface area (Å²) in [5, 5.41) is 0. The molecular formula is C18H32Br2O3. The van der Waals surface area contributed by atoms with Crippen LogP contribution >= 0.6 is 31.9 Å². The van der Waals surface area contributed by atoms with Gasteiger partial charge in [0.05, 0.1) is 13.7 Å². The zero-order chi connectivity index (χ0) is 17.1. The van der Waals surface area contributed by atoms with Gasteiger partial charge in [0.25, 0.3) is 0 Å². The summed E-state index contributed by atoms with van der Waals surface area (Å²) in [5.74, 6) is -0.246. The van der Waals surface area contributed by atoms with E-state index in [1.165, 1.54) is 64.9 Å². The largest absolute Gasteiger partial charge is 0.467 e. The molecule has 1 aliphatic heterocycles. The molecular weight excluding hydrogens is 424 g/mol. The monoisotopic (exact) mass is 454 g/mol. The van der Waals surface area contributed by atoms with Gasteiger partial charge in [-0.25, -0.2) is 4.79 Å². The molecule has 1 heterocycles. The Bertz CT molecular complexity index is 332. The average Bonchev–Trinajstić information content (AvgIpc) is 3.33. The van der Waals surface area contributed by atoms with E-state index in [-0.39, 0.29) is 10.8 Å². The third kappa shape index (κ3) is 8.35. The van der Waals surface area contributed by atoms with Crippen molar-refractivity contribution in [1.29, 1.82) is 0 Å². The van der Waals surface area contributed by atoms with Crippen LogP contribution in [-0.4, -0.2) is 34.9 Å². The zero-order valence-corrected chi connectivity index (χ0v) is 17.8. The van der Waals surface area contributed by atoms with Gasteiger partial charge in [-0.2, -0.15) is 0 Å². The van der Waals surface area contributed by atoms with E-state index in [0.29, 0.717) is 17.9 Å². The standard InChI is InChI=1S/C18H32Br2O3/c1-3-4-5-6-7-8-9-10-11-12-15(19)16(20)13-18(14-23-18)17(21)22-2/h15-16H,3-14H2,1-2H3. The van der Waals surface area contributed by atoms with Gasteiger partial charge in [0.15, 0.2) is 5.60 Å². The molecule has 1 aliphatic rings. The van der Waals surface area contributed by atoms with E-state index in [2.05, 4.69) is 38.8 Å². The first-order chi connectivity index (χ1) is 11.1. The molecule has 5 heteroatoms. The number of epoxide rings is 1. The topological polar surface area (TPSA) is 38.8 Å². The summed E-state index contributed by atoms with van der Waals surface area (Å²) < 4.78 is 10.2. The molecule has 1 rings (SSSR count). The molecule has 0 radical (unpaired) electrons. The van der Waals surface area contributed by atoms with E-state index >= 15 is 0 Å². The fraction of sp³-hybridized carbons (Fsp3) is 0.944. The van der Waals surface area contributed by atoms with E-state index in [4.69, 9.17) is 9.47 Å². The van der Waals surface area contributed by atoms with Crippen LogP contribution in [0.15, 0.2) is 0 Å². The molecule has 0 aromatic rings. The Morgan fingerprint density at radius 1 is 1.04 bits per heavy atom. The maximum Gasteiger partial charge on any atom is 0.340 e. The molecule has 0 aliphatic carbocycles. The third-order valence-corrected chi connectivity index (χ3v) is 7.32. The Kier molecular flexibility index (Phi) is 11.1. The van der Waals surface area contributed by atoms with Crippen LogP contribution in [0.2, 0.25) is 0 Å². The van der Waals surface area contributed by atoms with Crippen LogP contribution in [0.3, 0.4) is 0 Å². The molecule has 0 aromatic heterocycles. The molecule has 3 unspecified atom stereocenters. The zero-order valence-electron chi connectivity index (χ0n) is 14.6. The van der Waals surface area contributed by atoms with Crippen molar-refractivity contribution >= 4 is 37.8 Å².